The van der Waals surface area contributed by atoms with Crippen LogP contribution in [0.25, 0.3) is 0 Å². The Bertz CT molecular complexity index is 179. The van der Waals surface area contributed by atoms with Gasteiger partial charge in [-0.1, -0.05) is 18.2 Å². The SMILES string of the molecule is C=CCC1(CC=CC)COCCO1. The molecule has 1 rings (SSSR count). The van der Waals surface area contributed by atoms with Crippen molar-refractivity contribution in [2.24, 2.45) is 0 Å². The van der Waals surface area contributed by atoms with Crippen molar-refractivity contribution < 1.29 is 9.47 Å². The quantitative estimate of drug-likeness (QED) is 0.621. The summed E-state index contributed by atoms with van der Waals surface area (Å²) < 4.78 is 11.2. The molecular weight excluding hydrogens is 164 g/mol. The molecule has 0 saturated carbocycles. The van der Waals surface area contributed by atoms with Gasteiger partial charge in [0.2, 0.25) is 0 Å². The Morgan fingerprint density at radius 1 is 1.38 bits per heavy atom. The van der Waals surface area contributed by atoms with E-state index >= 15 is 0 Å². The number of ether oxygens (including phenoxy) is 2. The Labute approximate surface area is 80.2 Å². The highest BCUT2D eigenvalue weighted by atomic mass is 16.6. The van der Waals surface area contributed by atoms with Crippen LogP contribution >= 0.6 is 0 Å². The van der Waals surface area contributed by atoms with Crippen molar-refractivity contribution in [3.8, 4) is 0 Å². The highest BCUT2D eigenvalue weighted by Gasteiger charge is 2.31. The van der Waals surface area contributed by atoms with Gasteiger partial charge in [-0.05, 0) is 19.8 Å². The Morgan fingerprint density at radius 3 is 2.77 bits per heavy atom. The number of allylic oxidation sites excluding steroid dienone is 1. The van der Waals surface area contributed by atoms with Gasteiger partial charge in [-0.2, -0.15) is 0 Å². The largest absolute Gasteiger partial charge is 0.376 e. The van der Waals surface area contributed by atoms with Gasteiger partial charge in [0.25, 0.3) is 0 Å². The fraction of sp³-hybridized carbons (Fsp3) is 0.636. The van der Waals surface area contributed by atoms with Crippen molar-refractivity contribution in [1.29, 1.82) is 0 Å². The van der Waals surface area contributed by atoms with Gasteiger partial charge in [-0.15, -0.1) is 6.58 Å². The van der Waals surface area contributed by atoms with E-state index in [1.165, 1.54) is 0 Å². The van der Waals surface area contributed by atoms with E-state index in [1.54, 1.807) is 0 Å². The first-order valence-corrected chi connectivity index (χ1v) is 4.77. The average Bonchev–Trinajstić information content (AvgIpc) is 2.17. The second-order valence-electron chi connectivity index (χ2n) is 3.35. The molecule has 0 bridgehead atoms. The zero-order chi connectivity index (χ0) is 9.57. The van der Waals surface area contributed by atoms with Crippen molar-refractivity contribution in [1.82, 2.24) is 0 Å². The summed E-state index contributed by atoms with van der Waals surface area (Å²) in [6.45, 7) is 7.87. The van der Waals surface area contributed by atoms with Gasteiger partial charge in [0, 0.05) is 0 Å². The van der Waals surface area contributed by atoms with Crippen LogP contribution in [0.5, 0.6) is 0 Å². The lowest BCUT2D eigenvalue weighted by molar-refractivity contribution is -0.153. The molecule has 1 unspecified atom stereocenters. The van der Waals surface area contributed by atoms with E-state index in [0.29, 0.717) is 19.8 Å². The van der Waals surface area contributed by atoms with E-state index in [1.807, 2.05) is 19.1 Å². The summed E-state index contributed by atoms with van der Waals surface area (Å²) in [6.07, 6.45) is 7.84. The Kier molecular flexibility index (Phi) is 4.19. The second-order valence-corrected chi connectivity index (χ2v) is 3.35. The van der Waals surface area contributed by atoms with Crippen molar-refractivity contribution >= 4 is 0 Å². The summed E-state index contributed by atoms with van der Waals surface area (Å²) in [5.74, 6) is 0. The normalized spacial score (nSPS) is 29.3. The Morgan fingerprint density at radius 2 is 2.23 bits per heavy atom. The molecule has 0 spiro atoms. The zero-order valence-corrected chi connectivity index (χ0v) is 8.29. The predicted molar refractivity (Wildman–Crippen MR) is 53.7 cm³/mol. The third kappa shape index (κ3) is 2.98. The van der Waals surface area contributed by atoms with Gasteiger partial charge >= 0.3 is 0 Å². The first kappa shape index (κ1) is 10.5. The van der Waals surface area contributed by atoms with Crippen molar-refractivity contribution in [3.05, 3.63) is 24.8 Å². The molecule has 1 atom stereocenters. The van der Waals surface area contributed by atoms with Gasteiger partial charge in [-0.3, -0.25) is 0 Å². The maximum absolute atomic E-state index is 5.76. The Hall–Kier alpha value is -0.600. The molecule has 1 heterocycles. The molecule has 0 aromatic carbocycles. The highest BCUT2D eigenvalue weighted by molar-refractivity contribution is 4.96. The van der Waals surface area contributed by atoms with E-state index in [4.69, 9.17) is 9.47 Å². The summed E-state index contributed by atoms with van der Waals surface area (Å²) in [6, 6.07) is 0. The lowest BCUT2D eigenvalue weighted by Gasteiger charge is -2.35. The molecule has 13 heavy (non-hydrogen) atoms. The molecule has 0 N–H and O–H groups in total. The summed E-state index contributed by atoms with van der Waals surface area (Å²) in [5.41, 5.74) is -0.146. The maximum atomic E-state index is 5.76. The van der Waals surface area contributed by atoms with Gasteiger partial charge in [0.15, 0.2) is 0 Å². The minimum Gasteiger partial charge on any atom is -0.376 e. The molecule has 2 heteroatoms. The first-order chi connectivity index (χ1) is 6.33. The van der Waals surface area contributed by atoms with Gasteiger partial charge in [0.1, 0.15) is 0 Å². The molecule has 1 aliphatic rings. The third-order valence-electron chi connectivity index (χ3n) is 2.24. The molecule has 0 amide bonds. The molecule has 0 aromatic rings. The van der Waals surface area contributed by atoms with Crippen molar-refractivity contribution in [2.45, 2.75) is 25.4 Å². The highest BCUT2D eigenvalue weighted by Crippen LogP contribution is 2.25. The molecule has 0 aromatic heterocycles. The minimum absolute atomic E-state index is 0.146. The van der Waals surface area contributed by atoms with Gasteiger partial charge < -0.3 is 9.47 Å². The smallest absolute Gasteiger partial charge is 0.0984 e. The van der Waals surface area contributed by atoms with Crippen LogP contribution in [0.3, 0.4) is 0 Å². The summed E-state index contributed by atoms with van der Waals surface area (Å²) in [4.78, 5) is 0. The topological polar surface area (TPSA) is 18.5 Å². The van der Waals surface area contributed by atoms with Crippen LogP contribution in [0.2, 0.25) is 0 Å². The fourth-order valence-corrected chi connectivity index (χ4v) is 1.53. The van der Waals surface area contributed by atoms with Gasteiger partial charge in [-0.25, -0.2) is 0 Å². The standard InChI is InChI=1S/C11H18O2/c1-3-5-7-11(6-4-2)10-12-8-9-13-11/h3-5H,2,6-10H2,1H3. The maximum Gasteiger partial charge on any atom is 0.0984 e. The molecular formula is C11H18O2. The second kappa shape index (κ2) is 5.20. The van der Waals surface area contributed by atoms with E-state index in [0.717, 1.165) is 12.8 Å². The van der Waals surface area contributed by atoms with Crippen molar-refractivity contribution in [3.63, 3.8) is 0 Å². The van der Waals surface area contributed by atoms with E-state index < -0.39 is 0 Å². The van der Waals surface area contributed by atoms with E-state index in [2.05, 4.69) is 12.7 Å². The minimum atomic E-state index is -0.146. The van der Waals surface area contributed by atoms with Crippen LogP contribution in [0.15, 0.2) is 24.8 Å². The molecule has 0 radical (unpaired) electrons. The van der Waals surface area contributed by atoms with Crippen LogP contribution in [-0.4, -0.2) is 25.4 Å². The molecule has 0 aliphatic carbocycles. The van der Waals surface area contributed by atoms with Crippen LogP contribution in [0, 0.1) is 0 Å². The first-order valence-electron chi connectivity index (χ1n) is 4.77. The number of rotatable bonds is 4. The molecule has 1 saturated heterocycles. The molecule has 1 aliphatic heterocycles. The Balaban J connectivity index is 2.54. The molecule has 2 nitrogen and oxygen atoms in total. The summed E-state index contributed by atoms with van der Waals surface area (Å²) in [7, 11) is 0. The third-order valence-corrected chi connectivity index (χ3v) is 2.24. The van der Waals surface area contributed by atoms with Crippen LogP contribution in [0.4, 0.5) is 0 Å². The van der Waals surface area contributed by atoms with E-state index in [-0.39, 0.29) is 5.60 Å². The van der Waals surface area contributed by atoms with E-state index in [9.17, 15) is 0 Å². The monoisotopic (exact) mass is 182 g/mol. The summed E-state index contributed by atoms with van der Waals surface area (Å²) in [5, 5.41) is 0. The van der Waals surface area contributed by atoms with Crippen molar-refractivity contribution in [2.75, 3.05) is 19.8 Å². The van der Waals surface area contributed by atoms with Crippen LogP contribution < -0.4 is 0 Å². The zero-order valence-electron chi connectivity index (χ0n) is 8.29. The lowest BCUT2D eigenvalue weighted by Crippen LogP contribution is -2.42. The van der Waals surface area contributed by atoms with Crippen LogP contribution in [0.1, 0.15) is 19.8 Å². The fourth-order valence-electron chi connectivity index (χ4n) is 1.53. The average molecular weight is 182 g/mol. The number of hydrogen-bond donors (Lipinski definition) is 0. The summed E-state index contributed by atoms with van der Waals surface area (Å²) >= 11 is 0. The number of hydrogen-bond acceptors (Lipinski definition) is 2. The van der Waals surface area contributed by atoms with Crippen LogP contribution in [-0.2, 0) is 9.47 Å². The predicted octanol–water partition coefficient (Wildman–Crippen LogP) is 2.31. The van der Waals surface area contributed by atoms with Gasteiger partial charge in [0.05, 0.1) is 25.4 Å². The lowest BCUT2D eigenvalue weighted by atomic mass is 9.95. The molecule has 1 fully saturated rings. The molecule has 74 valence electrons.